The van der Waals surface area contributed by atoms with Crippen molar-refractivity contribution in [2.75, 3.05) is 0 Å². The lowest BCUT2D eigenvalue weighted by atomic mass is 9.65. The van der Waals surface area contributed by atoms with Crippen LogP contribution in [0.5, 0.6) is 0 Å². The number of aromatic nitrogens is 2. The topological polar surface area (TPSA) is 17.8 Å². The molecule has 0 aliphatic heterocycles. The molecule has 0 spiro atoms. The number of imidazole rings is 1. The van der Waals surface area contributed by atoms with Gasteiger partial charge >= 0.3 is 0 Å². The van der Waals surface area contributed by atoms with Gasteiger partial charge in [0, 0.05) is 34.0 Å². The highest BCUT2D eigenvalue weighted by atomic mass is 28.2. The fourth-order valence-corrected chi connectivity index (χ4v) is 6.52. The molecular formula is C33H32BN2Si. The summed E-state index contributed by atoms with van der Waals surface area (Å²) in [7, 11) is 1.93. The average Bonchev–Trinajstić information content (AvgIpc) is 3.41. The number of nitrogens with zero attached hydrogens (tertiary/aromatic N) is 2. The number of benzene rings is 4. The molecule has 0 aliphatic rings. The summed E-state index contributed by atoms with van der Waals surface area (Å²) in [5.41, 5.74) is 7.43. The predicted octanol–water partition coefficient (Wildman–Crippen LogP) is 6.18. The van der Waals surface area contributed by atoms with E-state index in [-0.39, 0.29) is 9.52 Å². The molecule has 2 nitrogen and oxygen atoms in total. The maximum Gasteiger partial charge on any atom is 0.241 e. The van der Waals surface area contributed by atoms with E-state index in [2.05, 4.69) is 145 Å². The molecule has 1 heterocycles. The second kappa shape index (κ2) is 12.9. The Morgan fingerprint density at radius 1 is 0.757 bits per heavy atom. The lowest BCUT2D eigenvalue weighted by Gasteiger charge is -2.18. The zero-order valence-electron chi connectivity index (χ0n) is 21.2. The van der Waals surface area contributed by atoms with Crippen LogP contribution in [0.2, 0.25) is 6.04 Å². The van der Waals surface area contributed by atoms with Crippen molar-refractivity contribution < 1.29 is 0 Å². The van der Waals surface area contributed by atoms with Crippen LogP contribution in [0.25, 0.3) is 11.5 Å². The van der Waals surface area contributed by atoms with Gasteiger partial charge in [-0.1, -0.05) is 139 Å². The van der Waals surface area contributed by atoms with Crippen LogP contribution in [0, 0.1) is 0 Å². The van der Waals surface area contributed by atoms with Crippen LogP contribution < -0.4 is 5.72 Å². The largest absolute Gasteiger partial charge is 0.347 e. The summed E-state index contributed by atoms with van der Waals surface area (Å²) in [6.07, 6.45) is 8.60. The van der Waals surface area contributed by atoms with E-state index in [0.717, 1.165) is 11.9 Å². The van der Waals surface area contributed by atoms with Crippen molar-refractivity contribution in [3.63, 3.8) is 0 Å². The second-order valence-electron chi connectivity index (χ2n) is 9.37. The highest BCUT2D eigenvalue weighted by Crippen LogP contribution is 2.29. The molecule has 0 amide bonds. The van der Waals surface area contributed by atoms with Crippen molar-refractivity contribution in [1.82, 2.24) is 9.55 Å². The van der Waals surface area contributed by atoms with Gasteiger partial charge in [0.1, 0.15) is 0 Å². The van der Waals surface area contributed by atoms with Crippen LogP contribution >= 0.6 is 0 Å². The van der Waals surface area contributed by atoms with Crippen LogP contribution in [-0.2, 0) is 6.17 Å². The first-order valence-electron chi connectivity index (χ1n) is 13.1. The Morgan fingerprint density at radius 2 is 1.32 bits per heavy atom. The van der Waals surface area contributed by atoms with Gasteiger partial charge in [-0.25, -0.2) is 0 Å². The van der Waals surface area contributed by atoms with E-state index in [4.69, 9.17) is 4.98 Å². The molecule has 0 saturated carbocycles. The van der Waals surface area contributed by atoms with E-state index < -0.39 is 0 Å². The summed E-state index contributed by atoms with van der Waals surface area (Å²) >= 11 is 0. The molecule has 0 unspecified atom stereocenters. The normalized spacial score (nSPS) is 11.9. The van der Waals surface area contributed by atoms with Crippen molar-refractivity contribution in [3.8, 4) is 0 Å². The molecule has 1 radical (unpaired) electrons. The minimum Gasteiger partial charge on any atom is -0.347 e. The lowest BCUT2D eigenvalue weighted by molar-refractivity contribution is 0.766. The Hall–Kier alpha value is -3.89. The van der Waals surface area contributed by atoms with Gasteiger partial charge in [-0.2, -0.15) is 0 Å². The summed E-state index contributed by atoms with van der Waals surface area (Å²) in [6, 6.07) is 44.3. The number of hydrogen-bond acceptors (Lipinski definition) is 1. The molecule has 5 rings (SSSR count). The molecule has 1 aromatic heterocycles. The molecule has 181 valence electrons. The van der Waals surface area contributed by atoms with Crippen LogP contribution in [0.15, 0.2) is 134 Å². The van der Waals surface area contributed by atoms with Crippen LogP contribution in [0.3, 0.4) is 0 Å². The van der Waals surface area contributed by atoms with Crippen molar-refractivity contribution in [2.24, 2.45) is 0 Å². The molecule has 4 aromatic carbocycles. The van der Waals surface area contributed by atoms with Gasteiger partial charge in [-0.05, 0) is 28.7 Å². The summed E-state index contributed by atoms with van der Waals surface area (Å²) in [5, 5.41) is 0. The van der Waals surface area contributed by atoms with E-state index in [1.165, 1.54) is 40.2 Å². The van der Waals surface area contributed by atoms with Gasteiger partial charge in [0.05, 0.1) is 5.72 Å². The molecule has 0 aliphatic carbocycles. The molecule has 0 bridgehead atoms. The molecule has 4 heteroatoms. The van der Waals surface area contributed by atoms with Crippen molar-refractivity contribution in [2.45, 2.75) is 24.6 Å². The smallest absolute Gasteiger partial charge is 0.241 e. The van der Waals surface area contributed by atoms with Gasteiger partial charge in [0.15, 0.2) is 0 Å². The third kappa shape index (κ3) is 6.87. The first kappa shape index (κ1) is 24.8. The van der Waals surface area contributed by atoms with Gasteiger partial charge in [0.2, 0.25) is 7.28 Å². The molecule has 37 heavy (non-hydrogen) atoms. The minimum atomic E-state index is -0.302. The maximum absolute atomic E-state index is 4.72. The van der Waals surface area contributed by atoms with Gasteiger partial charge in [-0.3, -0.25) is 4.98 Å². The third-order valence-corrected chi connectivity index (χ3v) is 8.51. The Bertz CT molecular complexity index is 1340. The lowest BCUT2D eigenvalue weighted by Crippen LogP contribution is -2.29. The fourth-order valence-electron chi connectivity index (χ4n) is 4.88. The molecule has 0 fully saturated rings. The van der Waals surface area contributed by atoms with Crippen molar-refractivity contribution >= 4 is 34.1 Å². The van der Waals surface area contributed by atoms with Crippen molar-refractivity contribution in [1.29, 1.82) is 0 Å². The van der Waals surface area contributed by atoms with Crippen molar-refractivity contribution in [3.05, 3.63) is 156 Å². The molecule has 0 saturated heterocycles. The Balaban J connectivity index is 1.26. The van der Waals surface area contributed by atoms with E-state index in [1.807, 2.05) is 6.20 Å². The fraction of sp³-hybridized carbons (Fsp3) is 0.121. The summed E-state index contributed by atoms with van der Waals surface area (Å²) in [5.74, 6) is 0.460. The van der Waals surface area contributed by atoms with E-state index in [9.17, 15) is 0 Å². The third-order valence-electron chi connectivity index (χ3n) is 6.81. The summed E-state index contributed by atoms with van der Waals surface area (Å²) < 4.78 is 2.34. The summed E-state index contributed by atoms with van der Waals surface area (Å²) in [4.78, 5) is 4.72. The monoisotopic (exact) mass is 495 g/mol. The standard InChI is InChI=1S/C33H32BN2Si/c1-5-13-27(14-6-1)25-32(30-19-11-4-12-20-30)34-33-35-22-23-36(33)26-37-24-21-31(28-15-7-2-8-16-28)29-17-9-3-10-18-29/h1-20,22-23,25,31H,21,24,26,37H2. The van der Waals surface area contributed by atoms with Gasteiger partial charge in [-0.15, -0.1) is 0 Å². The van der Waals surface area contributed by atoms with Gasteiger partial charge < -0.3 is 4.57 Å². The Kier molecular flexibility index (Phi) is 8.63. The highest BCUT2D eigenvalue weighted by molar-refractivity contribution is 6.73. The van der Waals surface area contributed by atoms with E-state index in [0.29, 0.717) is 5.92 Å². The first-order valence-corrected chi connectivity index (χ1v) is 15.1. The number of hydrogen-bond donors (Lipinski definition) is 0. The Morgan fingerprint density at radius 3 is 1.95 bits per heavy atom. The van der Waals surface area contributed by atoms with Gasteiger partial charge in [0.25, 0.3) is 0 Å². The molecular weight excluding hydrogens is 463 g/mol. The first-order chi connectivity index (χ1) is 18.4. The van der Waals surface area contributed by atoms with Crippen LogP contribution in [0.4, 0.5) is 0 Å². The van der Waals surface area contributed by atoms with Crippen LogP contribution in [-0.4, -0.2) is 26.4 Å². The number of rotatable bonds is 11. The predicted molar refractivity (Wildman–Crippen MR) is 161 cm³/mol. The van der Waals surface area contributed by atoms with E-state index in [1.54, 1.807) is 0 Å². The highest BCUT2D eigenvalue weighted by Gasteiger charge is 2.15. The zero-order valence-corrected chi connectivity index (χ0v) is 22.6. The zero-order chi connectivity index (χ0) is 25.1. The average molecular weight is 496 g/mol. The quantitative estimate of drug-likeness (QED) is 0.122. The maximum atomic E-state index is 4.72. The Labute approximate surface area is 223 Å². The molecule has 0 N–H and O–H groups in total. The molecule has 5 aromatic rings. The minimum absolute atomic E-state index is 0.302. The van der Waals surface area contributed by atoms with E-state index >= 15 is 0 Å². The SMILES string of the molecule is [B](C(=Cc1ccccc1)c1ccccc1)c1nccn1C[SiH2]CCC(c1ccccc1)c1ccccc1. The summed E-state index contributed by atoms with van der Waals surface area (Å²) in [6.45, 7) is 0. The van der Waals surface area contributed by atoms with Crippen LogP contribution in [0.1, 0.15) is 34.6 Å². The molecule has 0 atom stereocenters. The second-order valence-corrected chi connectivity index (χ2v) is 11.2.